The lowest BCUT2D eigenvalue weighted by atomic mass is 10.1. The van der Waals surface area contributed by atoms with Crippen molar-refractivity contribution in [2.24, 2.45) is 5.73 Å². The number of aromatic nitrogens is 1. The summed E-state index contributed by atoms with van der Waals surface area (Å²) >= 11 is 14.3. The van der Waals surface area contributed by atoms with Gasteiger partial charge in [-0.05, 0) is 46.6 Å². The Kier molecular flexibility index (Phi) is 4.57. The summed E-state index contributed by atoms with van der Waals surface area (Å²) in [4.78, 5) is 4.44. The molecule has 0 aliphatic rings. The number of aryl methyl sites for hydroxylation is 1. The van der Waals surface area contributed by atoms with Crippen LogP contribution in [0, 0.1) is 12.7 Å². The Bertz CT molecular complexity index is 670. The lowest BCUT2D eigenvalue weighted by molar-refractivity contribution is 0.627. The van der Waals surface area contributed by atoms with Crippen LogP contribution in [0.1, 0.15) is 11.1 Å². The predicted molar refractivity (Wildman–Crippen MR) is 87.3 cm³/mol. The maximum absolute atomic E-state index is 13.2. The fourth-order valence-corrected chi connectivity index (χ4v) is 2.90. The molecule has 0 unspecified atom stereocenters. The number of nitrogens with zero attached hydrogens (tertiary/aromatic N) is 1. The Morgan fingerprint density at radius 3 is 2.80 bits per heavy atom. The topological polar surface area (TPSA) is 50.9 Å². The van der Waals surface area contributed by atoms with Gasteiger partial charge in [0, 0.05) is 10.7 Å². The molecule has 1 heterocycles. The van der Waals surface area contributed by atoms with Crippen LogP contribution in [0.25, 0.3) is 0 Å². The maximum atomic E-state index is 13.2. The second-order valence-corrected chi connectivity index (χ2v) is 5.79. The van der Waals surface area contributed by atoms with Gasteiger partial charge in [0.15, 0.2) is 0 Å². The summed E-state index contributed by atoms with van der Waals surface area (Å²) in [6, 6.07) is 4.33. The summed E-state index contributed by atoms with van der Waals surface area (Å²) in [6.07, 6.45) is 1.63. The Morgan fingerprint density at radius 2 is 2.20 bits per heavy atom. The first-order valence-electron chi connectivity index (χ1n) is 5.57. The first-order chi connectivity index (χ1) is 9.40. The Hall–Kier alpha value is -1.24. The number of hydrogen-bond donors (Lipinski definition) is 2. The molecule has 1 aromatic heterocycles. The van der Waals surface area contributed by atoms with Crippen LogP contribution in [0.2, 0.25) is 5.02 Å². The number of anilines is 2. The van der Waals surface area contributed by atoms with Gasteiger partial charge in [0.2, 0.25) is 0 Å². The van der Waals surface area contributed by atoms with Crippen molar-refractivity contribution in [1.29, 1.82) is 0 Å². The molecule has 0 saturated carbocycles. The van der Waals surface area contributed by atoms with Gasteiger partial charge in [-0.15, -0.1) is 0 Å². The molecule has 0 aliphatic heterocycles. The molecule has 0 aliphatic carbocycles. The molecule has 7 heteroatoms. The van der Waals surface area contributed by atoms with Gasteiger partial charge >= 0.3 is 0 Å². The SMILES string of the molecule is Cc1ccnc(Nc2c(Cl)cc(F)cc2Br)c1C(N)=S. The summed E-state index contributed by atoms with van der Waals surface area (Å²) in [5, 5.41) is 3.26. The standard InChI is InChI=1S/C13H10BrClFN3S/c1-6-2-3-18-13(10(6)12(17)20)19-11-8(14)4-7(16)5-9(11)15/h2-5H,1H3,(H2,17,20)(H,18,19). The van der Waals surface area contributed by atoms with E-state index in [4.69, 9.17) is 29.6 Å². The zero-order valence-electron chi connectivity index (χ0n) is 10.4. The van der Waals surface area contributed by atoms with Crippen LogP contribution >= 0.6 is 39.7 Å². The third-order valence-electron chi connectivity index (χ3n) is 2.66. The van der Waals surface area contributed by atoms with E-state index in [9.17, 15) is 4.39 Å². The van der Waals surface area contributed by atoms with E-state index in [2.05, 4.69) is 26.2 Å². The van der Waals surface area contributed by atoms with Crippen molar-refractivity contribution in [2.45, 2.75) is 6.92 Å². The first kappa shape index (κ1) is 15.2. The van der Waals surface area contributed by atoms with E-state index >= 15 is 0 Å². The lowest BCUT2D eigenvalue weighted by Crippen LogP contribution is -2.15. The largest absolute Gasteiger partial charge is 0.389 e. The zero-order valence-corrected chi connectivity index (χ0v) is 13.5. The molecule has 0 spiro atoms. The highest BCUT2D eigenvalue weighted by molar-refractivity contribution is 9.10. The van der Waals surface area contributed by atoms with Gasteiger partial charge in [-0.25, -0.2) is 9.37 Å². The summed E-state index contributed by atoms with van der Waals surface area (Å²) in [5.41, 5.74) is 7.75. The molecule has 0 atom stereocenters. The summed E-state index contributed by atoms with van der Waals surface area (Å²) in [7, 11) is 0. The number of rotatable bonds is 3. The smallest absolute Gasteiger partial charge is 0.140 e. The molecule has 3 N–H and O–H groups in total. The van der Waals surface area contributed by atoms with E-state index in [1.807, 2.05) is 6.92 Å². The Labute approximate surface area is 134 Å². The number of nitrogens with two attached hydrogens (primary N) is 1. The van der Waals surface area contributed by atoms with Crippen LogP contribution in [0.15, 0.2) is 28.9 Å². The number of nitrogens with one attached hydrogen (secondary N) is 1. The minimum absolute atomic E-state index is 0.229. The van der Waals surface area contributed by atoms with E-state index in [1.54, 1.807) is 12.3 Å². The summed E-state index contributed by atoms with van der Waals surface area (Å²) < 4.78 is 13.7. The van der Waals surface area contributed by atoms with Crippen LogP contribution in [-0.4, -0.2) is 9.97 Å². The van der Waals surface area contributed by atoms with Gasteiger partial charge in [-0.2, -0.15) is 0 Å². The van der Waals surface area contributed by atoms with Crippen LogP contribution in [0.4, 0.5) is 15.9 Å². The molecular formula is C13H10BrClFN3S. The van der Waals surface area contributed by atoms with Gasteiger partial charge in [0.1, 0.15) is 16.6 Å². The lowest BCUT2D eigenvalue weighted by Gasteiger charge is -2.14. The van der Waals surface area contributed by atoms with E-state index in [0.29, 0.717) is 21.5 Å². The van der Waals surface area contributed by atoms with Crippen molar-refractivity contribution in [3.8, 4) is 0 Å². The fraction of sp³-hybridized carbons (Fsp3) is 0.0769. The van der Waals surface area contributed by atoms with Crippen molar-refractivity contribution < 1.29 is 4.39 Å². The van der Waals surface area contributed by atoms with Gasteiger partial charge in [-0.1, -0.05) is 23.8 Å². The minimum Gasteiger partial charge on any atom is -0.389 e. The van der Waals surface area contributed by atoms with Crippen molar-refractivity contribution in [3.63, 3.8) is 0 Å². The Balaban J connectivity index is 2.51. The van der Waals surface area contributed by atoms with Gasteiger partial charge < -0.3 is 11.1 Å². The molecule has 2 aromatic rings. The predicted octanol–water partition coefficient (Wildman–Crippen LogP) is 4.32. The van der Waals surface area contributed by atoms with Crippen LogP contribution in [0.5, 0.6) is 0 Å². The van der Waals surface area contributed by atoms with Crippen molar-refractivity contribution in [3.05, 3.63) is 50.8 Å². The molecule has 20 heavy (non-hydrogen) atoms. The number of pyridine rings is 1. The van der Waals surface area contributed by atoms with E-state index in [-0.39, 0.29) is 10.0 Å². The highest BCUT2D eigenvalue weighted by atomic mass is 79.9. The van der Waals surface area contributed by atoms with Crippen molar-refractivity contribution >= 4 is 56.2 Å². The van der Waals surface area contributed by atoms with Crippen molar-refractivity contribution in [2.75, 3.05) is 5.32 Å². The molecular weight excluding hydrogens is 365 g/mol. The number of benzene rings is 1. The van der Waals surface area contributed by atoms with Crippen LogP contribution < -0.4 is 11.1 Å². The molecule has 0 radical (unpaired) electrons. The maximum Gasteiger partial charge on any atom is 0.140 e. The van der Waals surface area contributed by atoms with Crippen LogP contribution in [0.3, 0.4) is 0 Å². The molecule has 0 saturated heterocycles. The average Bonchev–Trinajstić information content (AvgIpc) is 2.33. The molecule has 2 rings (SSSR count). The molecule has 0 bridgehead atoms. The third kappa shape index (κ3) is 3.08. The normalized spacial score (nSPS) is 10.4. The highest BCUT2D eigenvalue weighted by Crippen LogP contribution is 2.34. The number of thiocarbonyl (C=S) groups is 1. The van der Waals surface area contributed by atoms with E-state index in [0.717, 1.165) is 5.56 Å². The van der Waals surface area contributed by atoms with Gasteiger partial charge in [0.05, 0.1) is 16.3 Å². The fourth-order valence-electron chi connectivity index (χ4n) is 1.74. The second-order valence-electron chi connectivity index (χ2n) is 4.09. The first-order valence-corrected chi connectivity index (χ1v) is 7.15. The number of hydrogen-bond acceptors (Lipinski definition) is 3. The molecule has 3 nitrogen and oxygen atoms in total. The van der Waals surface area contributed by atoms with E-state index in [1.165, 1.54) is 12.1 Å². The molecule has 0 amide bonds. The van der Waals surface area contributed by atoms with Gasteiger partial charge in [0.25, 0.3) is 0 Å². The molecule has 104 valence electrons. The van der Waals surface area contributed by atoms with E-state index < -0.39 is 5.82 Å². The quantitative estimate of drug-likeness (QED) is 0.786. The van der Waals surface area contributed by atoms with Crippen molar-refractivity contribution in [1.82, 2.24) is 4.98 Å². The molecule has 0 fully saturated rings. The second kappa shape index (κ2) is 6.03. The van der Waals surface area contributed by atoms with Gasteiger partial charge in [-0.3, -0.25) is 0 Å². The zero-order chi connectivity index (χ0) is 14.9. The molecule has 1 aromatic carbocycles. The average molecular weight is 375 g/mol. The van der Waals surface area contributed by atoms with Crippen LogP contribution in [-0.2, 0) is 0 Å². The number of halogens is 3. The highest BCUT2D eigenvalue weighted by Gasteiger charge is 2.14. The Morgan fingerprint density at radius 1 is 1.50 bits per heavy atom. The summed E-state index contributed by atoms with van der Waals surface area (Å²) in [6.45, 7) is 1.88. The summed E-state index contributed by atoms with van der Waals surface area (Å²) in [5.74, 6) is 0.0471. The monoisotopic (exact) mass is 373 g/mol. The minimum atomic E-state index is -0.431. The third-order valence-corrected chi connectivity index (χ3v) is 3.78.